The van der Waals surface area contributed by atoms with Crippen molar-refractivity contribution in [1.29, 1.82) is 5.26 Å². The van der Waals surface area contributed by atoms with Crippen LogP contribution in [0.15, 0.2) is 18.2 Å². The zero-order valence-corrected chi connectivity index (χ0v) is 8.71. The van der Waals surface area contributed by atoms with Crippen LogP contribution in [0.1, 0.15) is 19.4 Å². The van der Waals surface area contributed by atoms with Crippen molar-refractivity contribution in [3.63, 3.8) is 0 Å². The highest BCUT2D eigenvalue weighted by molar-refractivity contribution is 5.48. The summed E-state index contributed by atoms with van der Waals surface area (Å²) in [5.74, 6) is -0.488. The largest absolute Gasteiger partial charge is 0.389 e. The Kier molecular flexibility index (Phi) is 3.28. The zero-order valence-electron chi connectivity index (χ0n) is 8.71. The molecule has 1 rings (SSSR count). The first kappa shape index (κ1) is 11.5. The van der Waals surface area contributed by atoms with E-state index < -0.39 is 11.4 Å². The van der Waals surface area contributed by atoms with Crippen molar-refractivity contribution in [2.45, 2.75) is 19.4 Å². The molecule has 0 aliphatic rings. The van der Waals surface area contributed by atoms with Gasteiger partial charge in [-0.3, -0.25) is 0 Å². The number of nitrogens with one attached hydrogen (secondary N) is 1. The van der Waals surface area contributed by atoms with Gasteiger partial charge in [0.15, 0.2) is 0 Å². The molecule has 0 aliphatic carbocycles. The Bertz CT molecular complexity index is 391. The summed E-state index contributed by atoms with van der Waals surface area (Å²) in [7, 11) is 0. The fourth-order valence-electron chi connectivity index (χ4n) is 1.04. The second-order valence-corrected chi connectivity index (χ2v) is 3.97. The van der Waals surface area contributed by atoms with Crippen LogP contribution in [0.25, 0.3) is 0 Å². The maximum atomic E-state index is 13.3. The van der Waals surface area contributed by atoms with Crippen LogP contribution in [-0.2, 0) is 0 Å². The summed E-state index contributed by atoms with van der Waals surface area (Å²) in [6.07, 6.45) is 0. The lowest BCUT2D eigenvalue weighted by atomic mass is 10.1. The van der Waals surface area contributed by atoms with E-state index in [1.54, 1.807) is 13.8 Å². The molecule has 0 fully saturated rings. The molecular weight excluding hydrogens is 195 g/mol. The molecule has 0 saturated carbocycles. The van der Waals surface area contributed by atoms with Crippen molar-refractivity contribution >= 4 is 5.69 Å². The highest BCUT2D eigenvalue weighted by Gasteiger charge is 2.13. The molecule has 1 aromatic carbocycles. The van der Waals surface area contributed by atoms with Crippen molar-refractivity contribution < 1.29 is 9.50 Å². The van der Waals surface area contributed by atoms with Crippen molar-refractivity contribution in [1.82, 2.24) is 0 Å². The molecule has 1 aromatic rings. The number of nitriles is 1. The van der Waals surface area contributed by atoms with Crippen molar-refractivity contribution in [3.8, 4) is 6.07 Å². The molecule has 0 radical (unpaired) electrons. The quantitative estimate of drug-likeness (QED) is 0.797. The number of hydrogen-bond acceptors (Lipinski definition) is 3. The average Bonchev–Trinajstić information content (AvgIpc) is 2.14. The first-order chi connectivity index (χ1) is 6.92. The van der Waals surface area contributed by atoms with E-state index in [-0.39, 0.29) is 17.8 Å². The van der Waals surface area contributed by atoms with Crippen LogP contribution in [0.3, 0.4) is 0 Å². The van der Waals surface area contributed by atoms with E-state index >= 15 is 0 Å². The summed E-state index contributed by atoms with van der Waals surface area (Å²) < 4.78 is 13.3. The molecule has 80 valence electrons. The molecule has 0 atom stereocenters. The number of halogens is 1. The van der Waals surface area contributed by atoms with Crippen LogP contribution < -0.4 is 5.32 Å². The summed E-state index contributed by atoms with van der Waals surface area (Å²) >= 11 is 0. The highest BCUT2D eigenvalue weighted by Crippen LogP contribution is 2.16. The number of aliphatic hydroxyl groups is 1. The molecule has 0 saturated heterocycles. The third-order valence-electron chi connectivity index (χ3n) is 1.81. The molecule has 0 spiro atoms. The van der Waals surface area contributed by atoms with Crippen LogP contribution in [0, 0.1) is 17.1 Å². The van der Waals surface area contributed by atoms with Gasteiger partial charge in [-0.2, -0.15) is 5.26 Å². The van der Waals surface area contributed by atoms with Gasteiger partial charge in [-0.15, -0.1) is 0 Å². The fourth-order valence-corrected chi connectivity index (χ4v) is 1.04. The summed E-state index contributed by atoms with van der Waals surface area (Å²) in [5, 5.41) is 20.7. The van der Waals surface area contributed by atoms with Gasteiger partial charge < -0.3 is 10.4 Å². The monoisotopic (exact) mass is 208 g/mol. The van der Waals surface area contributed by atoms with Gasteiger partial charge in [0.25, 0.3) is 0 Å². The number of benzene rings is 1. The minimum atomic E-state index is -0.902. The number of anilines is 1. The SMILES string of the molecule is CC(C)(O)CNc1ccc(C#N)cc1F. The molecule has 2 N–H and O–H groups in total. The third-order valence-corrected chi connectivity index (χ3v) is 1.81. The fraction of sp³-hybridized carbons (Fsp3) is 0.364. The second-order valence-electron chi connectivity index (χ2n) is 3.97. The molecule has 0 bridgehead atoms. The molecule has 0 aliphatic heterocycles. The first-order valence-corrected chi connectivity index (χ1v) is 4.58. The normalized spacial score (nSPS) is 10.9. The molecule has 3 nitrogen and oxygen atoms in total. The predicted octanol–water partition coefficient (Wildman–Crippen LogP) is 1.88. The van der Waals surface area contributed by atoms with Crippen molar-refractivity contribution in [3.05, 3.63) is 29.6 Å². The predicted molar refractivity (Wildman–Crippen MR) is 55.9 cm³/mol. The standard InChI is InChI=1S/C11H13FN2O/c1-11(2,15)7-14-10-4-3-8(6-13)5-9(10)12/h3-5,14-15H,7H2,1-2H3. The Morgan fingerprint density at radius 3 is 2.67 bits per heavy atom. The number of hydrogen-bond donors (Lipinski definition) is 2. The van der Waals surface area contributed by atoms with Crippen LogP contribution in [0.4, 0.5) is 10.1 Å². The zero-order chi connectivity index (χ0) is 11.5. The van der Waals surface area contributed by atoms with Gasteiger partial charge in [-0.1, -0.05) is 0 Å². The molecular formula is C11H13FN2O. The summed E-state index contributed by atoms with van der Waals surface area (Å²) in [5.41, 5.74) is -0.335. The molecule has 0 heterocycles. The number of nitrogens with zero attached hydrogens (tertiary/aromatic N) is 1. The highest BCUT2D eigenvalue weighted by atomic mass is 19.1. The topological polar surface area (TPSA) is 56.0 Å². The van der Waals surface area contributed by atoms with E-state index in [9.17, 15) is 9.50 Å². The summed E-state index contributed by atoms with van der Waals surface area (Å²) in [6.45, 7) is 3.50. The van der Waals surface area contributed by atoms with Crippen molar-refractivity contribution in [2.75, 3.05) is 11.9 Å². The van der Waals surface area contributed by atoms with Crippen LogP contribution in [-0.4, -0.2) is 17.3 Å². The molecule has 0 unspecified atom stereocenters. The van der Waals surface area contributed by atoms with Gasteiger partial charge in [-0.05, 0) is 32.0 Å². The summed E-state index contributed by atoms with van der Waals surface area (Å²) in [4.78, 5) is 0. The maximum absolute atomic E-state index is 13.3. The van der Waals surface area contributed by atoms with Gasteiger partial charge in [0.05, 0.1) is 22.9 Å². The second kappa shape index (κ2) is 4.28. The third kappa shape index (κ3) is 3.56. The van der Waals surface area contributed by atoms with Crippen LogP contribution >= 0.6 is 0 Å². The Morgan fingerprint density at radius 2 is 2.20 bits per heavy atom. The van der Waals surface area contributed by atoms with Crippen LogP contribution in [0.5, 0.6) is 0 Å². The van der Waals surface area contributed by atoms with Crippen LogP contribution in [0.2, 0.25) is 0 Å². The number of rotatable bonds is 3. The van der Waals surface area contributed by atoms with Gasteiger partial charge in [-0.25, -0.2) is 4.39 Å². The Morgan fingerprint density at radius 1 is 1.53 bits per heavy atom. The van der Waals surface area contributed by atoms with E-state index in [1.807, 2.05) is 6.07 Å². The van der Waals surface area contributed by atoms with Gasteiger partial charge in [0, 0.05) is 6.54 Å². The van der Waals surface area contributed by atoms with Gasteiger partial charge in [0.2, 0.25) is 0 Å². The lowest BCUT2D eigenvalue weighted by Gasteiger charge is -2.18. The maximum Gasteiger partial charge on any atom is 0.147 e. The van der Waals surface area contributed by atoms with E-state index in [4.69, 9.17) is 5.26 Å². The Labute approximate surface area is 88.2 Å². The summed E-state index contributed by atoms with van der Waals surface area (Å²) in [6, 6.07) is 6.02. The average molecular weight is 208 g/mol. The molecule has 4 heteroatoms. The van der Waals surface area contributed by atoms with E-state index in [0.717, 1.165) is 6.07 Å². The Balaban J connectivity index is 2.76. The first-order valence-electron chi connectivity index (χ1n) is 4.58. The lowest BCUT2D eigenvalue weighted by molar-refractivity contribution is 0.0944. The molecule has 0 amide bonds. The van der Waals surface area contributed by atoms with E-state index in [2.05, 4.69) is 5.32 Å². The molecule has 0 aromatic heterocycles. The minimum absolute atomic E-state index is 0.246. The smallest absolute Gasteiger partial charge is 0.147 e. The van der Waals surface area contributed by atoms with Gasteiger partial charge in [0.1, 0.15) is 5.82 Å². The van der Waals surface area contributed by atoms with Gasteiger partial charge >= 0.3 is 0 Å². The Hall–Kier alpha value is -1.60. The minimum Gasteiger partial charge on any atom is -0.389 e. The molecule has 15 heavy (non-hydrogen) atoms. The lowest BCUT2D eigenvalue weighted by Crippen LogP contribution is -2.29. The van der Waals surface area contributed by atoms with E-state index in [1.165, 1.54) is 12.1 Å². The van der Waals surface area contributed by atoms with E-state index in [0.29, 0.717) is 0 Å². The van der Waals surface area contributed by atoms with Crippen molar-refractivity contribution in [2.24, 2.45) is 0 Å².